The van der Waals surface area contributed by atoms with E-state index in [9.17, 15) is 9.59 Å². The molecule has 2 aliphatic rings. The Balaban J connectivity index is 1.49. The Morgan fingerprint density at radius 1 is 1.19 bits per heavy atom. The average molecular weight is 373 g/mol. The number of carbonyl (C=O) groups excluding carboxylic acids is 2. The maximum Gasteiger partial charge on any atom is 0.257 e. The van der Waals surface area contributed by atoms with E-state index in [1.165, 1.54) is 6.42 Å². The third-order valence-corrected chi connectivity index (χ3v) is 5.89. The number of ether oxygens (including phenoxy) is 1. The summed E-state index contributed by atoms with van der Waals surface area (Å²) in [6.45, 7) is 2.92. The van der Waals surface area contributed by atoms with Gasteiger partial charge in [0, 0.05) is 25.0 Å². The summed E-state index contributed by atoms with van der Waals surface area (Å²) < 4.78 is 5.51. The molecule has 1 aromatic rings. The van der Waals surface area contributed by atoms with E-state index in [1.807, 2.05) is 31.2 Å². The Morgan fingerprint density at radius 3 is 2.63 bits per heavy atom. The van der Waals surface area contributed by atoms with Crippen molar-refractivity contribution in [2.75, 3.05) is 13.2 Å². The second-order valence-corrected chi connectivity index (χ2v) is 7.80. The summed E-state index contributed by atoms with van der Waals surface area (Å²) in [5.41, 5.74) is 7.29. The van der Waals surface area contributed by atoms with Gasteiger partial charge in [0.25, 0.3) is 5.91 Å². The highest BCUT2D eigenvalue weighted by molar-refractivity contribution is 5.79. The minimum atomic E-state index is -0.141. The van der Waals surface area contributed by atoms with Crippen LogP contribution in [0.2, 0.25) is 0 Å². The summed E-state index contributed by atoms with van der Waals surface area (Å²) in [6.07, 6.45) is 5.40. The molecule has 0 saturated heterocycles. The fourth-order valence-corrected chi connectivity index (χ4v) is 4.48. The zero-order valence-electron chi connectivity index (χ0n) is 16.1. The number of benzene rings is 1. The van der Waals surface area contributed by atoms with Crippen molar-refractivity contribution in [1.29, 1.82) is 0 Å². The highest BCUT2D eigenvalue weighted by Crippen LogP contribution is 2.41. The third kappa shape index (κ3) is 5.22. The fraction of sp³-hybridized carbons (Fsp3) is 0.619. The van der Waals surface area contributed by atoms with Gasteiger partial charge < -0.3 is 21.1 Å². The highest BCUT2D eigenvalue weighted by Gasteiger charge is 2.40. The fourth-order valence-electron chi connectivity index (χ4n) is 4.48. The largest absolute Gasteiger partial charge is 0.484 e. The predicted octanol–water partition coefficient (Wildman–Crippen LogP) is 1.97. The van der Waals surface area contributed by atoms with E-state index >= 15 is 0 Å². The average Bonchev–Trinajstić information content (AvgIpc) is 2.65. The Morgan fingerprint density at radius 2 is 1.93 bits per heavy atom. The lowest BCUT2D eigenvalue weighted by atomic mass is 9.65. The van der Waals surface area contributed by atoms with E-state index in [0.717, 1.165) is 31.2 Å². The molecule has 3 rings (SSSR count). The molecular formula is C21H31N3O3. The van der Waals surface area contributed by atoms with Crippen molar-refractivity contribution in [2.24, 2.45) is 23.5 Å². The van der Waals surface area contributed by atoms with Crippen LogP contribution in [-0.2, 0) is 16.1 Å². The number of rotatable bonds is 7. The standard InChI is InChI=1S/C21H31N3O3/c1-2-23-19(25)13-27-18-8-3-5-14(9-18)12-24-21(26)17-10-15-6-4-7-16(11-17)20(15)22/h3,5,8-9,15-17,20H,2,4,6-7,10-13,22H2,1H3,(H,23,25)(H,24,26). The van der Waals surface area contributed by atoms with Gasteiger partial charge in [0.05, 0.1) is 0 Å². The number of hydrogen-bond donors (Lipinski definition) is 3. The van der Waals surface area contributed by atoms with Crippen molar-refractivity contribution in [1.82, 2.24) is 10.6 Å². The minimum absolute atomic E-state index is 0.00520. The van der Waals surface area contributed by atoms with Crippen LogP contribution in [0.15, 0.2) is 24.3 Å². The summed E-state index contributed by atoms with van der Waals surface area (Å²) in [5, 5.41) is 5.77. The van der Waals surface area contributed by atoms with E-state index in [2.05, 4.69) is 10.6 Å². The molecule has 6 heteroatoms. The van der Waals surface area contributed by atoms with Crippen molar-refractivity contribution in [2.45, 2.75) is 51.6 Å². The van der Waals surface area contributed by atoms with Gasteiger partial charge in [-0.2, -0.15) is 0 Å². The van der Waals surface area contributed by atoms with E-state index in [0.29, 0.717) is 30.7 Å². The molecule has 0 spiro atoms. The van der Waals surface area contributed by atoms with Gasteiger partial charge >= 0.3 is 0 Å². The van der Waals surface area contributed by atoms with E-state index in [-0.39, 0.29) is 30.4 Å². The maximum absolute atomic E-state index is 12.6. The van der Waals surface area contributed by atoms with E-state index in [4.69, 9.17) is 10.5 Å². The molecule has 27 heavy (non-hydrogen) atoms. The first-order valence-electron chi connectivity index (χ1n) is 10.1. The second kappa shape index (κ2) is 9.22. The van der Waals surface area contributed by atoms with Crippen molar-refractivity contribution < 1.29 is 14.3 Å². The molecule has 2 amide bonds. The van der Waals surface area contributed by atoms with Crippen LogP contribution in [0.25, 0.3) is 0 Å². The molecule has 0 aliphatic heterocycles. The van der Waals surface area contributed by atoms with Gasteiger partial charge in [0.1, 0.15) is 5.75 Å². The summed E-state index contributed by atoms with van der Waals surface area (Å²) in [6, 6.07) is 7.78. The molecule has 6 nitrogen and oxygen atoms in total. The first kappa shape index (κ1) is 19.7. The number of hydrogen-bond acceptors (Lipinski definition) is 4. The molecule has 2 saturated carbocycles. The van der Waals surface area contributed by atoms with Gasteiger partial charge in [-0.1, -0.05) is 18.6 Å². The van der Waals surface area contributed by atoms with Crippen LogP contribution < -0.4 is 21.1 Å². The Labute approximate surface area is 161 Å². The van der Waals surface area contributed by atoms with Crippen LogP contribution in [0, 0.1) is 17.8 Å². The molecule has 148 valence electrons. The molecule has 2 aliphatic carbocycles. The van der Waals surface area contributed by atoms with Crippen LogP contribution in [0.4, 0.5) is 0 Å². The van der Waals surface area contributed by atoms with E-state index in [1.54, 1.807) is 0 Å². The normalized spacial score (nSPS) is 26.9. The molecule has 2 bridgehead atoms. The van der Waals surface area contributed by atoms with Gasteiger partial charge in [-0.05, 0) is 62.1 Å². The zero-order chi connectivity index (χ0) is 19.2. The molecule has 2 unspecified atom stereocenters. The lowest BCUT2D eigenvalue weighted by Gasteiger charge is -2.43. The van der Waals surface area contributed by atoms with E-state index < -0.39 is 0 Å². The lowest BCUT2D eigenvalue weighted by Crippen LogP contribution is -2.49. The topological polar surface area (TPSA) is 93.5 Å². The quantitative estimate of drug-likeness (QED) is 0.681. The Kier molecular flexibility index (Phi) is 6.72. The number of likely N-dealkylation sites (N-methyl/N-ethyl adjacent to an activating group) is 1. The number of fused-ring (bicyclic) bond motifs is 2. The van der Waals surface area contributed by atoms with Crippen molar-refractivity contribution >= 4 is 11.8 Å². The first-order chi connectivity index (χ1) is 13.1. The van der Waals surface area contributed by atoms with Crippen LogP contribution in [0.1, 0.15) is 44.6 Å². The molecule has 0 heterocycles. The van der Waals surface area contributed by atoms with Crippen LogP contribution in [-0.4, -0.2) is 31.0 Å². The molecule has 0 radical (unpaired) electrons. The molecule has 1 aromatic carbocycles. The molecule has 4 N–H and O–H groups in total. The molecule has 0 aromatic heterocycles. The summed E-state index contributed by atoms with van der Waals surface area (Å²) in [5.74, 6) is 1.70. The number of nitrogens with one attached hydrogen (secondary N) is 2. The Hall–Kier alpha value is -2.08. The van der Waals surface area contributed by atoms with Gasteiger partial charge in [-0.15, -0.1) is 0 Å². The monoisotopic (exact) mass is 373 g/mol. The summed E-state index contributed by atoms with van der Waals surface area (Å²) in [7, 11) is 0. The van der Waals surface area contributed by atoms with Crippen LogP contribution >= 0.6 is 0 Å². The van der Waals surface area contributed by atoms with Crippen molar-refractivity contribution in [3.8, 4) is 5.75 Å². The smallest absolute Gasteiger partial charge is 0.257 e. The summed E-state index contributed by atoms with van der Waals surface area (Å²) in [4.78, 5) is 24.1. The number of amides is 2. The van der Waals surface area contributed by atoms with Crippen LogP contribution in [0.5, 0.6) is 5.75 Å². The van der Waals surface area contributed by atoms with Crippen molar-refractivity contribution in [3.63, 3.8) is 0 Å². The van der Waals surface area contributed by atoms with Gasteiger partial charge in [0.15, 0.2) is 6.61 Å². The third-order valence-electron chi connectivity index (χ3n) is 5.89. The zero-order valence-corrected chi connectivity index (χ0v) is 16.1. The lowest BCUT2D eigenvalue weighted by molar-refractivity contribution is -0.128. The predicted molar refractivity (Wildman–Crippen MR) is 104 cm³/mol. The van der Waals surface area contributed by atoms with Gasteiger partial charge in [-0.25, -0.2) is 0 Å². The SMILES string of the molecule is CCNC(=O)COc1cccc(CNC(=O)C2CC3CCCC(C2)C3N)c1. The first-order valence-corrected chi connectivity index (χ1v) is 10.1. The number of nitrogens with two attached hydrogens (primary N) is 1. The number of carbonyl (C=O) groups is 2. The second-order valence-electron chi connectivity index (χ2n) is 7.80. The van der Waals surface area contributed by atoms with Crippen molar-refractivity contribution in [3.05, 3.63) is 29.8 Å². The Bertz CT molecular complexity index is 650. The molecule has 2 atom stereocenters. The minimum Gasteiger partial charge on any atom is -0.484 e. The molecule has 2 fully saturated rings. The summed E-state index contributed by atoms with van der Waals surface area (Å²) >= 11 is 0. The van der Waals surface area contributed by atoms with Gasteiger partial charge in [0.2, 0.25) is 5.91 Å². The maximum atomic E-state index is 12.6. The highest BCUT2D eigenvalue weighted by atomic mass is 16.5. The van der Waals surface area contributed by atoms with Crippen LogP contribution in [0.3, 0.4) is 0 Å². The van der Waals surface area contributed by atoms with Gasteiger partial charge in [-0.3, -0.25) is 9.59 Å². The molecular weight excluding hydrogens is 342 g/mol.